The highest BCUT2D eigenvalue weighted by molar-refractivity contribution is 5.89. The molecule has 2 amide bonds. The van der Waals surface area contributed by atoms with Crippen molar-refractivity contribution in [3.05, 3.63) is 30.3 Å². The molecule has 1 aliphatic heterocycles. The Labute approximate surface area is 107 Å². The molecule has 1 aromatic rings. The van der Waals surface area contributed by atoms with E-state index in [1.165, 1.54) is 0 Å². The fourth-order valence-electron chi connectivity index (χ4n) is 3.16. The number of aliphatic hydroxyl groups excluding tert-OH is 1. The van der Waals surface area contributed by atoms with Crippen LogP contribution in [0.15, 0.2) is 30.3 Å². The highest BCUT2D eigenvalue weighted by atomic mass is 16.3. The number of urea groups is 1. The molecule has 1 aromatic carbocycles. The molecule has 1 unspecified atom stereocenters. The number of benzene rings is 1. The smallest absolute Gasteiger partial charge is 0.321 e. The van der Waals surface area contributed by atoms with Crippen molar-refractivity contribution in [3.8, 4) is 0 Å². The van der Waals surface area contributed by atoms with Gasteiger partial charge in [-0.05, 0) is 36.8 Å². The van der Waals surface area contributed by atoms with Gasteiger partial charge in [-0.1, -0.05) is 18.2 Å². The molecule has 18 heavy (non-hydrogen) atoms. The van der Waals surface area contributed by atoms with Crippen LogP contribution in [0.5, 0.6) is 0 Å². The number of aliphatic hydroxyl groups is 1. The van der Waals surface area contributed by atoms with Crippen LogP contribution in [-0.4, -0.2) is 35.2 Å². The lowest BCUT2D eigenvalue weighted by atomic mass is 10.0. The average molecular weight is 246 g/mol. The molecule has 1 saturated heterocycles. The molecular weight excluding hydrogens is 228 g/mol. The van der Waals surface area contributed by atoms with Gasteiger partial charge in [0.25, 0.3) is 0 Å². The summed E-state index contributed by atoms with van der Waals surface area (Å²) in [6.45, 7) is 1.56. The largest absolute Gasteiger partial charge is 0.393 e. The minimum atomic E-state index is -0.153. The Kier molecular flexibility index (Phi) is 2.96. The number of fused-ring (bicyclic) bond motifs is 1. The van der Waals surface area contributed by atoms with Gasteiger partial charge >= 0.3 is 6.03 Å². The van der Waals surface area contributed by atoms with Crippen molar-refractivity contribution in [2.24, 2.45) is 11.8 Å². The number of hydrogen-bond donors (Lipinski definition) is 2. The molecule has 3 atom stereocenters. The molecule has 3 rings (SSSR count). The topological polar surface area (TPSA) is 52.6 Å². The molecule has 1 saturated carbocycles. The van der Waals surface area contributed by atoms with Crippen LogP contribution in [0.2, 0.25) is 0 Å². The van der Waals surface area contributed by atoms with Crippen molar-refractivity contribution in [3.63, 3.8) is 0 Å². The fraction of sp³-hybridized carbons (Fsp3) is 0.500. The molecule has 1 aliphatic carbocycles. The van der Waals surface area contributed by atoms with E-state index >= 15 is 0 Å². The van der Waals surface area contributed by atoms with Gasteiger partial charge in [-0.2, -0.15) is 0 Å². The molecule has 2 fully saturated rings. The van der Waals surface area contributed by atoms with Crippen molar-refractivity contribution < 1.29 is 9.90 Å². The van der Waals surface area contributed by atoms with Gasteiger partial charge in [-0.15, -0.1) is 0 Å². The summed E-state index contributed by atoms with van der Waals surface area (Å²) in [5.41, 5.74) is 0.833. The summed E-state index contributed by atoms with van der Waals surface area (Å²) in [7, 11) is 0. The summed E-state index contributed by atoms with van der Waals surface area (Å²) in [4.78, 5) is 13.9. The van der Waals surface area contributed by atoms with Crippen molar-refractivity contribution in [1.29, 1.82) is 0 Å². The zero-order chi connectivity index (χ0) is 12.5. The number of para-hydroxylation sites is 1. The van der Waals surface area contributed by atoms with Gasteiger partial charge < -0.3 is 15.3 Å². The summed E-state index contributed by atoms with van der Waals surface area (Å²) < 4.78 is 0. The third-order valence-corrected chi connectivity index (χ3v) is 4.04. The molecule has 1 heterocycles. The lowest BCUT2D eigenvalue weighted by Crippen LogP contribution is -2.34. The molecule has 4 nitrogen and oxygen atoms in total. The monoisotopic (exact) mass is 246 g/mol. The molecule has 2 N–H and O–H groups in total. The first-order valence-electron chi connectivity index (χ1n) is 6.51. The number of nitrogens with zero attached hydrogens (tertiary/aromatic N) is 1. The normalized spacial score (nSPS) is 30.3. The number of hydrogen-bond acceptors (Lipinski definition) is 2. The van der Waals surface area contributed by atoms with Gasteiger partial charge in [0.1, 0.15) is 0 Å². The summed E-state index contributed by atoms with van der Waals surface area (Å²) >= 11 is 0. The Morgan fingerprint density at radius 3 is 2.39 bits per heavy atom. The van der Waals surface area contributed by atoms with E-state index in [9.17, 15) is 9.90 Å². The van der Waals surface area contributed by atoms with Crippen LogP contribution >= 0.6 is 0 Å². The number of nitrogens with one attached hydrogen (secondary N) is 1. The van der Waals surface area contributed by atoms with Crippen molar-refractivity contribution in [1.82, 2.24) is 4.90 Å². The van der Waals surface area contributed by atoms with E-state index < -0.39 is 0 Å². The third kappa shape index (κ3) is 2.20. The molecule has 0 spiro atoms. The second kappa shape index (κ2) is 4.61. The Morgan fingerprint density at radius 2 is 1.78 bits per heavy atom. The van der Waals surface area contributed by atoms with E-state index in [1.54, 1.807) is 0 Å². The zero-order valence-electron chi connectivity index (χ0n) is 10.2. The van der Waals surface area contributed by atoms with Gasteiger partial charge in [-0.25, -0.2) is 4.79 Å². The van der Waals surface area contributed by atoms with Gasteiger partial charge in [0, 0.05) is 18.8 Å². The molecular formula is C14H18N2O2. The summed E-state index contributed by atoms with van der Waals surface area (Å²) in [6.07, 6.45) is 1.54. The summed E-state index contributed by atoms with van der Waals surface area (Å²) in [5, 5.41) is 12.5. The second-order valence-electron chi connectivity index (χ2n) is 5.35. The predicted octanol–water partition coefficient (Wildman–Crippen LogP) is 1.92. The maximum Gasteiger partial charge on any atom is 0.321 e. The first-order valence-corrected chi connectivity index (χ1v) is 6.51. The van der Waals surface area contributed by atoms with Crippen molar-refractivity contribution in [2.45, 2.75) is 18.9 Å². The number of rotatable bonds is 1. The minimum Gasteiger partial charge on any atom is -0.393 e. The standard InChI is InChI=1S/C14H18N2O2/c17-13-6-10-8-16(9-11(10)7-13)14(18)15-12-4-2-1-3-5-12/h1-5,10-11,13,17H,6-9H2,(H,15,18)/t10-,11+,13?. The molecule has 0 aromatic heterocycles. The fourth-order valence-corrected chi connectivity index (χ4v) is 3.16. The van der Waals surface area contributed by atoms with Gasteiger partial charge in [0.05, 0.1) is 6.10 Å². The highest BCUT2D eigenvalue weighted by Crippen LogP contribution is 2.38. The maximum atomic E-state index is 12.1. The zero-order valence-corrected chi connectivity index (χ0v) is 10.2. The van der Waals surface area contributed by atoms with Crippen LogP contribution in [-0.2, 0) is 0 Å². The van der Waals surface area contributed by atoms with Crippen LogP contribution < -0.4 is 5.32 Å². The van der Waals surface area contributed by atoms with E-state index in [2.05, 4.69) is 5.32 Å². The van der Waals surface area contributed by atoms with Gasteiger partial charge in [0.15, 0.2) is 0 Å². The van der Waals surface area contributed by atoms with Gasteiger partial charge in [0.2, 0.25) is 0 Å². The lowest BCUT2D eigenvalue weighted by Gasteiger charge is -2.18. The van der Waals surface area contributed by atoms with Crippen LogP contribution in [0.4, 0.5) is 10.5 Å². The average Bonchev–Trinajstić information content (AvgIpc) is 2.87. The Balaban J connectivity index is 1.59. The van der Waals surface area contributed by atoms with E-state index in [1.807, 2.05) is 35.2 Å². The number of carbonyl (C=O) groups is 1. The Hall–Kier alpha value is -1.55. The minimum absolute atomic E-state index is 0.0231. The molecule has 0 radical (unpaired) electrons. The second-order valence-corrected chi connectivity index (χ2v) is 5.35. The van der Waals surface area contributed by atoms with E-state index in [4.69, 9.17) is 0 Å². The number of anilines is 1. The van der Waals surface area contributed by atoms with Crippen LogP contribution in [0, 0.1) is 11.8 Å². The highest BCUT2D eigenvalue weighted by Gasteiger charge is 2.41. The van der Waals surface area contributed by atoms with E-state index in [0.29, 0.717) is 11.8 Å². The number of amides is 2. The van der Waals surface area contributed by atoms with E-state index in [0.717, 1.165) is 31.6 Å². The predicted molar refractivity (Wildman–Crippen MR) is 69.3 cm³/mol. The molecule has 2 aliphatic rings. The van der Waals surface area contributed by atoms with Crippen LogP contribution in [0.3, 0.4) is 0 Å². The maximum absolute atomic E-state index is 12.1. The summed E-state index contributed by atoms with van der Waals surface area (Å²) in [6, 6.07) is 9.49. The summed E-state index contributed by atoms with van der Waals surface area (Å²) in [5.74, 6) is 0.975. The van der Waals surface area contributed by atoms with Gasteiger partial charge in [-0.3, -0.25) is 0 Å². The first-order chi connectivity index (χ1) is 8.72. The quantitative estimate of drug-likeness (QED) is 0.795. The molecule has 96 valence electrons. The number of carbonyl (C=O) groups excluding carboxylic acids is 1. The number of likely N-dealkylation sites (tertiary alicyclic amines) is 1. The Morgan fingerprint density at radius 1 is 1.17 bits per heavy atom. The lowest BCUT2D eigenvalue weighted by molar-refractivity contribution is 0.163. The van der Waals surface area contributed by atoms with Crippen LogP contribution in [0.25, 0.3) is 0 Å². The van der Waals surface area contributed by atoms with Crippen molar-refractivity contribution >= 4 is 11.7 Å². The Bertz CT molecular complexity index is 421. The van der Waals surface area contributed by atoms with Crippen molar-refractivity contribution in [2.75, 3.05) is 18.4 Å². The van der Waals surface area contributed by atoms with E-state index in [-0.39, 0.29) is 12.1 Å². The third-order valence-electron chi connectivity index (χ3n) is 4.04. The first kappa shape index (κ1) is 11.5. The molecule has 0 bridgehead atoms. The van der Waals surface area contributed by atoms with Crippen LogP contribution in [0.1, 0.15) is 12.8 Å². The SMILES string of the molecule is O=C(Nc1ccccc1)N1C[C@H]2CC(O)C[C@H]2C1. The molecule has 4 heteroatoms.